The molecule has 1 heterocycles. The zero-order chi connectivity index (χ0) is 19.2. The molecule has 2 N–H and O–H groups in total. The fourth-order valence-electron chi connectivity index (χ4n) is 2.62. The molecule has 6 heteroatoms. The molecule has 0 atom stereocenters. The first-order chi connectivity index (χ1) is 13.0. The van der Waals surface area contributed by atoms with Crippen molar-refractivity contribution in [2.24, 2.45) is 0 Å². The lowest BCUT2D eigenvalue weighted by Gasteiger charge is -2.08. The van der Waals surface area contributed by atoms with Gasteiger partial charge in [0.2, 0.25) is 5.95 Å². The molecule has 3 rings (SSSR count). The number of carbonyl (C=O) groups is 1. The fraction of sp³-hybridized carbons (Fsp3) is 0.143. The van der Waals surface area contributed by atoms with Gasteiger partial charge in [0.1, 0.15) is 0 Å². The lowest BCUT2D eigenvalue weighted by atomic mass is 10.1. The number of carbonyl (C=O) groups excluding carboxylic acids is 1. The van der Waals surface area contributed by atoms with Crippen LogP contribution in [0.15, 0.2) is 54.6 Å². The van der Waals surface area contributed by atoms with Gasteiger partial charge in [0, 0.05) is 28.3 Å². The SMILES string of the molecule is Cc1cc(C)nc(Nc2ccc(C(=O)Nc3ccc(CC#N)cc3)cc2)n1. The van der Waals surface area contributed by atoms with Crippen molar-refractivity contribution in [3.63, 3.8) is 0 Å². The number of aromatic nitrogens is 2. The van der Waals surface area contributed by atoms with Crippen LogP contribution in [0.3, 0.4) is 0 Å². The van der Waals surface area contributed by atoms with Crippen LogP contribution in [0.5, 0.6) is 0 Å². The second-order valence-electron chi connectivity index (χ2n) is 6.16. The summed E-state index contributed by atoms with van der Waals surface area (Å²) >= 11 is 0. The quantitative estimate of drug-likeness (QED) is 0.715. The molecule has 0 fully saturated rings. The summed E-state index contributed by atoms with van der Waals surface area (Å²) < 4.78 is 0. The number of aryl methyl sites for hydroxylation is 2. The van der Waals surface area contributed by atoms with E-state index in [2.05, 4.69) is 26.7 Å². The summed E-state index contributed by atoms with van der Waals surface area (Å²) in [6, 6.07) is 18.3. The monoisotopic (exact) mass is 357 g/mol. The first-order valence-electron chi connectivity index (χ1n) is 8.50. The van der Waals surface area contributed by atoms with Crippen molar-refractivity contribution in [3.8, 4) is 6.07 Å². The Hall–Kier alpha value is -3.72. The minimum atomic E-state index is -0.197. The molecule has 0 radical (unpaired) electrons. The van der Waals surface area contributed by atoms with E-state index < -0.39 is 0 Å². The van der Waals surface area contributed by atoms with Gasteiger partial charge < -0.3 is 10.6 Å². The van der Waals surface area contributed by atoms with Gasteiger partial charge in [0.15, 0.2) is 0 Å². The number of hydrogen-bond acceptors (Lipinski definition) is 5. The average Bonchev–Trinajstić information content (AvgIpc) is 2.63. The Morgan fingerprint density at radius 3 is 2.15 bits per heavy atom. The molecule has 0 unspecified atom stereocenters. The summed E-state index contributed by atoms with van der Waals surface area (Å²) in [6.45, 7) is 3.83. The third-order valence-electron chi connectivity index (χ3n) is 3.88. The molecule has 134 valence electrons. The Kier molecular flexibility index (Phi) is 5.43. The second-order valence-corrected chi connectivity index (χ2v) is 6.16. The molecule has 0 aliphatic heterocycles. The highest BCUT2D eigenvalue weighted by Gasteiger charge is 2.07. The van der Waals surface area contributed by atoms with Crippen LogP contribution < -0.4 is 10.6 Å². The lowest BCUT2D eigenvalue weighted by Crippen LogP contribution is -2.11. The molecule has 27 heavy (non-hydrogen) atoms. The zero-order valence-electron chi connectivity index (χ0n) is 15.2. The maximum absolute atomic E-state index is 12.4. The van der Waals surface area contributed by atoms with Crippen LogP contribution in [0.2, 0.25) is 0 Å². The standard InChI is InChI=1S/C21H19N5O/c1-14-13-15(2)24-21(23-14)26-19-9-5-17(6-10-19)20(27)25-18-7-3-16(4-8-18)11-12-22/h3-10,13H,11H2,1-2H3,(H,25,27)(H,23,24,26). The molecule has 0 aliphatic carbocycles. The fourth-order valence-corrected chi connectivity index (χ4v) is 2.62. The van der Waals surface area contributed by atoms with Crippen LogP contribution in [0.4, 0.5) is 17.3 Å². The molecule has 1 aromatic heterocycles. The highest BCUT2D eigenvalue weighted by atomic mass is 16.1. The van der Waals surface area contributed by atoms with Crippen molar-refractivity contribution in [1.82, 2.24) is 9.97 Å². The van der Waals surface area contributed by atoms with Gasteiger partial charge in [-0.15, -0.1) is 0 Å². The van der Waals surface area contributed by atoms with E-state index in [4.69, 9.17) is 5.26 Å². The van der Waals surface area contributed by atoms with Gasteiger partial charge in [-0.25, -0.2) is 9.97 Å². The first-order valence-corrected chi connectivity index (χ1v) is 8.50. The van der Waals surface area contributed by atoms with E-state index in [0.717, 1.165) is 22.6 Å². The van der Waals surface area contributed by atoms with Crippen LogP contribution in [-0.4, -0.2) is 15.9 Å². The van der Waals surface area contributed by atoms with Crippen molar-refractivity contribution in [1.29, 1.82) is 5.26 Å². The van der Waals surface area contributed by atoms with Gasteiger partial charge >= 0.3 is 0 Å². The smallest absolute Gasteiger partial charge is 0.255 e. The van der Waals surface area contributed by atoms with Gasteiger partial charge in [-0.2, -0.15) is 5.26 Å². The largest absolute Gasteiger partial charge is 0.324 e. The third kappa shape index (κ3) is 4.89. The highest BCUT2D eigenvalue weighted by Crippen LogP contribution is 2.16. The van der Waals surface area contributed by atoms with Crippen LogP contribution in [0, 0.1) is 25.2 Å². The van der Waals surface area contributed by atoms with E-state index in [-0.39, 0.29) is 5.91 Å². The van der Waals surface area contributed by atoms with Crippen LogP contribution in [-0.2, 0) is 6.42 Å². The van der Waals surface area contributed by atoms with Crippen molar-refractivity contribution in [2.75, 3.05) is 10.6 Å². The number of hydrogen-bond donors (Lipinski definition) is 2. The summed E-state index contributed by atoms with van der Waals surface area (Å²) in [5, 5.41) is 14.7. The molecule has 0 spiro atoms. The molecule has 3 aromatic rings. The Balaban J connectivity index is 1.65. The molecule has 2 aromatic carbocycles. The van der Waals surface area contributed by atoms with Crippen LogP contribution in [0.1, 0.15) is 27.3 Å². The van der Waals surface area contributed by atoms with E-state index in [0.29, 0.717) is 23.6 Å². The van der Waals surface area contributed by atoms with Crippen molar-refractivity contribution >= 4 is 23.2 Å². The van der Waals surface area contributed by atoms with E-state index in [1.54, 1.807) is 24.3 Å². The topological polar surface area (TPSA) is 90.7 Å². The predicted molar refractivity (Wildman–Crippen MR) is 105 cm³/mol. The number of amides is 1. The number of nitriles is 1. The minimum absolute atomic E-state index is 0.197. The lowest BCUT2D eigenvalue weighted by molar-refractivity contribution is 0.102. The highest BCUT2D eigenvalue weighted by molar-refractivity contribution is 6.04. The molecule has 0 aliphatic rings. The number of nitrogens with zero attached hydrogens (tertiary/aromatic N) is 3. The number of rotatable bonds is 5. The van der Waals surface area contributed by atoms with Crippen LogP contribution >= 0.6 is 0 Å². The summed E-state index contributed by atoms with van der Waals surface area (Å²) in [6.07, 6.45) is 0.354. The molecule has 6 nitrogen and oxygen atoms in total. The van der Waals surface area contributed by atoms with Gasteiger partial charge in [-0.3, -0.25) is 4.79 Å². The van der Waals surface area contributed by atoms with E-state index in [1.807, 2.05) is 44.2 Å². The summed E-state index contributed by atoms with van der Waals surface area (Å²) in [5.41, 5.74) is 4.73. The summed E-state index contributed by atoms with van der Waals surface area (Å²) in [7, 11) is 0. The van der Waals surface area contributed by atoms with Gasteiger partial charge in [0.05, 0.1) is 12.5 Å². The Bertz CT molecular complexity index is 968. The van der Waals surface area contributed by atoms with Crippen LogP contribution in [0.25, 0.3) is 0 Å². The predicted octanol–water partition coefficient (Wildman–Crippen LogP) is 4.16. The molecule has 0 bridgehead atoms. The Morgan fingerprint density at radius 2 is 1.56 bits per heavy atom. The van der Waals surface area contributed by atoms with Crippen molar-refractivity contribution in [2.45, 2.75) is 20.3 Å². The number of anilines is 3. The van der Waals surface area contributed by atoms with E-state index in [9.17, 15) is 4.79 Å². The van der Waals surface area contributed by atoms with Crippen molar-refractivity contribution < 1.29 is 4.79 Å². The van der Waals surface area contributed by atoms with Gasteiger partial charge in [0.25, 0.3) is 5.91 Å². The maximum atomic E-state index is 12.4. The Labute approximate surface area is 157 Å². The Morgan fingerprint density at radius 1 is 0.963 bits per heavy atom. The zero-order valence-corrected chi connectivity index (χ0v) is 15.2. The normalized spacial score (nSPS) is 10.1. The molecular weight excluding hydrogens is 338 g/mol. The molecule has 1 amide bonds. The number of nitrogens with one attached hydrogen (secondary N) is 2. The van der Waals surface area contributed by atoms with E-state index in [1.165, 1.54) is 0 Å². The second kappa shape index (κ2) is 8.11. The molecule has 0 saturated carbocycles. The van der Waals surface area contributed by atoms with Gasteiger partial charge in [-0.1, -0.05) is 12.1 Å². The average molecular weight is 357 g/mol. The summed E-state index contributed by atoms with van der Waals surface area (Å²) in [5.74, 6) is 0.333. The maximum Gasteiger partial charge on any atom is 0.255 e. The third-order valence-corrected chi connectivity index (χ3v) is 3.88. The number of benzene rings is 2. The van der Waals surface area contributed by atoms with E-state index >= 15 is 0 Å². The minimum Gasteiger partial charge on any atom is -0.324 e. The van der Waals surface area contributed by atoms with Crippen molar-refractivity contribution in [3.05, 3.63) is 77.1 Å². The first kappa shape index (κ1) is 18.1. The molecular formula is C21H19N5O. The van der Waals surface area contributed by atoms with Gasteiger partial charge in [-0.05, 0) is 61.9 Å². The molecule has 0 saturated heterocycles. The summed E-state index contributed by atoms with van der Waals surface area (Å²) in [4.78, 5) is 21.1.